The average molecular weight is 469 g/mol. The van der Waals surface area contributed by atoms with Gasteiger partial charge in [-0.2, -0.15) is 0 Å². The second-order valence-corrected chi connectivity index (χ2v) is 11.0. The minimum atomic E-state index is -3.98. The molecule has 0 bridgehead atoms. The van der Waals surface area contributed by atoms with E-state index in [1.165, 1.54) is 19.2 Å². The summed E-state index contributed by atoms with van der Waals surface area (Å²) in [6.45, 7) is 3.59. The van der Waals surface area contributed by atoms with Crippen LogP contribution in [0.1, 0.15) is 31.7 Å². The maximum Gasteiger partial charge on any atom is 0.262 e. The number of anilines is 2. The smallest absolute Gasteiger partial charge is 0.262 e. The molecule has 0 atom stereocenters. The molecule has 0 aliphatic heterocycles. The van der Waals surface area contributed by atoms with Gasteiger partial charge in [-0.05, 0) is 43.2 Å². The molecule has 2 rings (SSSR count). The molecule has 0 spiro atoms. The SMILES string of the molecule is CCCCCS(=O)(=O)CC(=O)Nc1ccc(C)c(S(=O)(=O)Nc2ccccc2OC)c1. The molecule has 0 aromatic heterocycles. The minimum Gasteiger partial charge on any atom is -0.495 e. The number of ether oxygens (including phenoxy) is 1. The van der Waals surface area contributed by atoms with Gasteiger partial charge in [-0.3, -0.25) is 9.52 Å². The first-order chi connectivity index (χ1) is 14.6. The van der Waals surface area contributed by atoms with Gasteiger partial charge in [-0.15, -0.1) is 0 Å². The lowest BCUT2D eigenvalue weighted by molar-refractivity contribution is -0.113. The van der Waals surface area contributed by atoms with Gasteiger partial charge in [0.15, 0.2) is 9.84 Å². The van der Waals surface area contributed by atoms with Crippen molar-refractivity contribution in [3.05, 3.63) is 48.0 Å². The molecule has 0 aliphatic carbocycles. The number of nitrogens with one attached hydrogen (secondary N) is 2. The molecule has 2 N–H and O–H groups in total. The van der Waals surface area contributed by atoms with Crippen molar-refractivity contribution in [2.75, 3.05) is 28.7 Å². The first-order valence-corrected chi connectivity index (χ1v) is 13.1. The van der Waals surface area contributed by atoms with E-state index in [2.05, 4.69) is 10.0 Å². The van der Waals surface area contributed by atoms with Gasteiger partial charge in [0.1, 0.15) is 11.5 Å². The molecule has 170 valence electrons. The Bertz CT molecular complexity index is 1130. The molecule has 2 aromatic carbocycles. The quantitative estimate of drug-likeness (QED) is 0.488. The summed E-state index contributed by atoms with van der Waals surface area (Å²) in [5.41, 5.74) is 0.935. The number of sulfone groups is 1. The van der Waals surface area contributed by atoms with Crippen LogP contribution in [0.4, 0.5) is 11.4 Å². The largest absolute Gasteiger partial charge is 0.495 e. The van der Waals surface area contributed by atoms with Crippen molar-refractivity contribution in [3.63, 3.8) is 0 Å². The van der Waals surface area contributed by atoms with Crippen LogP contribution in [0.25, 0.3) is 0 Å². The third-order valence-corrected chi connectivity index (χ3v) is 7.64. The van der Waals surface area contributed by atoms with Crippen molar-refractivity contribution in [2.24, 2.45) is 0 Å². The first kappa shape index (κ1) is 24.7. The number of para-hydroxylation sites is 2. The maximum absolute atomic E-state index is 12.9. The highest BCUT2D eigenvalue weighted by Gasteiger charge is 2.21. The fourth-order valence-electron chi connectivity index (χ4n) is 2.94. The van der Waals surface area contributed by atoms with Gasteiger partial charge >= 0.3 is 0 Å². The summed E-state index contributed by atoms with van der Waals surface area (Å²) in [5.74, 6) is -1.04. The Morgan fingerprint density at radius 2 is 1.74 bits per heavy atom. The highest BCUT2D eigenvalue weighted by atomic mass is 32.2. The normalized spacial score (nSPS) is 11.7. The second-order valence-electron chi connectivity index (χ2n) is 7.13. The van der Waals surface area contributed by atoms with Gasteiger partial charge in [0.25, 0.3) is 10.0 Å². The van der Waals surface area contributed by atoms with Gasteiger partial charge in [0.05, 0.1) is 23.4 Å². The number of benzene rings is 2. The first-order valence-electron chi connectivity index (χ1n) is 9.84. The lowest BCUT2D eigenvalue weighted by atomic mass is 10.2. The molecule has 0 radical (unpaired) electrons. The van der Waals surface area contributed by atoms with E-state index in [9.17, 15) is 21.6 Å². The number of sulfonamides is 1. The van der Waals surface area contributed by atoms with Crippen LogP contribution >= 0.6 is 0 Å². The summed E-state index contributed by atoms with van der Waals surface area (Å²) >= 11 is 0. The number of hydrogen-bond donors (Lipinski definition) is 2. The Balaban J connectivity index is 2.18. The molecular formula is C21H28N2O6S2. The lowest BCUT2D eigenvalue weighted by Gasteiger charge is -2.14. The number of methoxy groups -OCH3 is 1. The Hall–Kier alpha value is -2.59. The van der Waals surface area contributed by atoms with Gasteiger partial charge in [-0.1, -0.05) is 38.0 Å². The van der Waals surface area contributed by atoms with Crippen molar-refractivity contribution in [1.29, 1.82) is 0 Å². The van der Waals surface area contributed by atoms with Crippen LogP contribution in [-0.4, -0.2) is 41.4 Å². The molecule has 0 unspecified atom stereocenters. The molecule has 0 saturated heterocycles. The summed E-state index contributed by atoms with van der Waals surface area (Å²) in [6.07, 6.45) is 2.16. The molecule has 10 heteroatoms. The van der Waals surface area contributed by atoms with Crippen molar-refractivity contribution < 1.29 is 26.4 Å². The molecule has 0 fully saturated rings. The molecule has 31 heavy (non-hydrogen) atoms. The van der Waals surface area contributed by atoms with E-state index in [0.29, 0.717) is 17.7 Å². The highest BCUT2D eigenvalue weighted by Crippen LogP contribution is 2.28. The summed E-state index contributed by atoms with van der Waals surface area (Å²) < 4.78 is 57.7. The van der Waals surface area contributed by atoms with Crippen LogP contribution < -0.4 is 14.8 Å². The lowest BCUT2D eigenvalue weighted by Crippen LogP contribution is -2.25. The highest BCUT2D eigenvalue weighted by molar-refractivity contribution is 7.93. The molecule has 0 aliphatic rings. The zero-order valence-electron chi connectivity index (χ0n) is 17.8. The Morgan fingerprint density at radius 3 is 2.42 bits per heavy atom. The number of unbranched alkanes of at least 4 members (excludes halogenated alkanes) is 2. The zero-order valence-corrected chi connectivity index (χ0v) is 19.5. The summed E-state index contributed by atoms with van der Waals surface area (Å²) in [4.78, 5) is 12.2. The monoisotopic (exact) mass is 468 g/mol. The summed E-state index contributed by atoms with van der Waals surface area (Å²) in [7, 11) is -6.07. The van der Waals surface area contributed by atoms with E-state index < -0.39 is 31.5 Å². The van der Waals surface area contributed by atoms with E-state index in [4.69, 9.17) is 4.74 Å². The van der Waals surface area contributed by atoms with Gasteiger partial charge < -0.3 is 10.1 Å². The number of carbonyl (C=O) groups is 1. The zero-order chi connectivity index (χ0) is 23.1. The predicted molar refractivity (Wildman–Crippen MR) is 122 cm³/mol. The fourth-order valence-corrected chi connectivity index (χ4v) is 5.54. The Kier molecular flexibility index (Phi) is 8.46. The maximum atomic E-state index is 12.9. The third-order valence-electron chi connectivity index (χ3n) is 4.52. The van der Waals surface area contributed by atoms with Crippen molar-refractivity contribution in [2.45, 2.75) is 38.0 Å². The third kappa shape index (κ3) is 7.25. The molecule has 1 amide bonds. The standard InChI is InChI=1S/C21H28N2O6S2/c1-4-5-8-13-30(25,26)15-21(24)22-17-12-11-16(2)20(14-17)31(27,28)23-18-9-6-7-10-19(18)29-3/h6-7,9-12,14,23H,4-5,8,13,15H2,1-3H3,(H,22,24). The molecular weight excluding hydrogens is 440 g/mol. The van der Waals surface area contributed by atoms with Crippen LogP contribution in [0, 0.1) is 6.92 Å². The van der Waals surface area contributed by atoms with E-state index in [1.807, 2.05) is 6.92 Å². The molecule has 8 nitrogen and oxygen atoms in total. The van der Waals surface area contributed by atoms with E-state index >= 15 is 0 Å². The second kappa shape index (κ2) is 10.6. The minimum absolute atomic E-state index is 0.0398. The Labute approximate surface area is 184 Å². The van der Waals surface area contributed by atoms with Crippen LogP contribution in [0.15, 0.2) is 47.4 Å². The van der Waals surface area contributed by atoms with Crippen LogP contribution in [0.3, 0.4) is 0 Å². The van der Waals surface area contributed by atoms with Crippen LogP contribution in [-0.2, 0) is 24.7 Å². The Morgan fingerprint density at radius 1 is 1.03 bits per heavy atom. The van der Waals surface area contributed by atoms with Crippen molar-refractivity contribution in [3.8, 4) is 5.75 Å². The van der Waals surface area contributed by atoms with Crippen molar-refractivity contribution in [1.82, 2.24) is 0 Å². The number of amides is 1. The number of rotatable bonds is 11. The van der Waals surface area contributed by atoms with E-state index in [0.717, 1.165) is 12.8 Å². The number of hydrogen-bond acceptors (Lipinski definition) is 6. The van der Waals surface area contributed by atoms with Gasteiger partial charge in [0.2, 0.25) is 5.91 Å². The van der Waals surface area contributed by atoms with Crippen molar-refractivity contribution >= 4 is 37.1 Å². The van der Waals surface area contributed by atoms with Gasteiger partial charge in [-0.25, -0.2) is 16.8 Å². The fraction of sp³-hybridized carbons (Fsp3) is 0.381. The van der Waals surface area contributed by atoms with Crippen LogP contribution in [0.2, 0.25) is 0 Å². The number of aryl methyl sites for hydroxylation is 1. The average Bonchev–Trinajstić information content (AvgIpc) is 2.69. The van der Waals surface area contributed by atoms with E-state index in [-0.39, 0.29) is 22.0 Å². The molecule has 0 heterocycles. The summed E-state index contributed by atoms with van der Waals surface area (Å²) in [5, 5.41) is 2.48. The predicted octanol–water partition coefficient (Wildman–Crippen LogP) is 3.35. The van der Waals surface area contributed by atoms with E-state index in [1.54, 1.807) is 37.3 Å². The number of carbonyl (C=O) groups excluding carboxylic acids is 1. The van der Waals surface area contributed by atoms with Crippen LogP contribution in [0.5, 0.6) is 5.75 Å². The van der Waals surface area contributed by atoms with Gasteiger partial charge in [0, 0.05) is 5.69 Å². The topological polar surface area (TPSA) is 119 Å². The molecule has 2 aromatic rings. The summed E-state index contributed by atoms with van der Waals surface area (Å²) in [6, 6.07) is 11.0. The molecule has 0 saturated carbocycles.